The van der Waals surface area contributed by atoms with Gasteiger partial charge in [0.1, 0.15) is 12.5 Å². The van der Waals surface area contributed by atoms with Crippen molar-refractivity contribution in [3.8, 4) is 0 Å². The Bertz CT molecular complexity index is 541. The Morgan fingerprint density at radius 3 is 3.00 bits per heavy atom. The summed E-state index contributed by atoms with van der Waals surface area (Å²) in [7, 11) is 1.40. The average molecular weight is 278 g/mol. The zero-order valence-electron chi connectivity index (χ0n) is 11.7. The van der Waals surface area contributed by atoms with E-state index in [2.05, 4.69) is 5.10 Å². The first-order chi connectivity index (χ1) is 9.63. The van der Waals surface area contributed by atoms with Gasteiger partial charge < -0.3 is 14.2 Å². The van der Waals surface area contributed by atoms with Gasteiger partial charge in [0.15, 0.2) is 0 Å². The van der Waals surface area contributed by atoms with E-state index in [1.807, 2.05) is 17.8 Å². The number of carbonyl (C=O) groups is 1. The Morgan fingerprint density at radius 2 is 2.30 bits per heavy atom. The Hall–Kier alpha value is -1.98. The van der Waals surface area contributed by atoms with E-state index in [0.717, 1.165) is 24.1 Å². The van der Waals surface area contributed by atoms with Crippen LogP contribution in [0.25, 0.3) is 0 Å². The van der Waals surface area contributed by atoms with Crippen LogP contribution in [0.2, 0.25) is 0 Å². The normalized spacial score (nSPS) is 20.1. The van der Waals surface area contributed by atoms with Crippen LogP contribution in [0.5, 0.6) is 0 Å². The van der Waals surface area contributed by atoms with Crippen molar-refractivity contribution in [1.29, 1.82) is 0 Å². The van der Waals surface area contributed by atoms with Crippen LogP contribution < -0.4 is 0 Å². The van der Waals surface area contributed by atoms with E-state index in [-0.39, 0.29) is 12.0 Å². The van der Waals surface area contributed by atoms with Gasteiger partial charge in [0, 0.05) is 17.7 Å². The quantitative estimate of drug-likeness (QED) is 0.788. The Kier molecular flexibility index (Phi) is 3.16. The molecule has 6 heteroatoms. The number of carbonyl (C=O) groups excluding carboxylic acids is 1. The van der Waals surface area contributed by atoms with Crippen LogP contribution in [-0.2, 0) is 31.8 Å². The molecule has 1 aromatic heterocycles. The van der Waals surface area contributed by atoms with Crippen LogP contribution in [0, 0.1) is 0 Å². The molecule has 1 unspecified atom stereocenters. The van der Waals surface area contributed by atoms with Gasteiger partial charge in [-0.2, -0.15) is 5.10 Å². The van der Waals surface area contributed by atoms with Crippen LogP contribution >= 0.6 is 0 Å². The van der Waals surface area contributed by atoms with Gasteiger partial charge in [0.25, 0.3) is 5.79 Å². The molecule has 108 valence electrons. The summed E-state index contributed by atoms with van der Waals surface area (Å²) >= 11 is 0. The van der Waals surface area contributed by atoms with Gasteiger partial charge in [-0.3, -0.25) is 9.48 Å². The number of methoxy groups -OCH3 is 1. The molecular formula is C14H18N2O4. The fraction of sp³-hybridized carbons (Fsp3) is 0.571. The van der Waals surface area contributed by atoms with Crippen LogP contribution in [-0.4, -0.2) is 28.6 Å². The predicted octanol–water partition coefficient (Wildman–Crippen LogP) is 1.71. The fourth-order valence-electron chi connectivity index (χ4n) is 2.86. The molecule has 1 aliphatic heterocycles. The smallest absolute Gasteiger partial charge is 0.307 e. The van der Waals surface area contributed by atoms with Crippen molar-refractivity contribution < 1.29 is 19.0 Å². The molecule has 3 rings (SSSR count). The lowest BCUT2D eigenvalue weighted by Gasteiger charge is -2.32. The molecule has 2 aliphatic rings. The number of nitrogens with zero attached hydrogens (tertiary/aromatic N) is 2. The zero-order valence-corrected chi connectivity index (χ0v) is 11.7. The molecule has 0 fully saturated rings. The molecule has 1 atom stereocenters. The van der Waals surface area contributed by atoms with Crippen LogP contribution in [0.4, 0.5) is 0 Å². The summed E-state index contributed by atoms with van der Waals surface area (Å²) in [6, 6.07) is -0.0104. The number of fused-ring (bicyclic) bond motifs is 1. The van der Waals surface area contributed by atoms with Crippen LogP contribution in [0.3, 0.4) is 0 Å². The van der Waals surface area contributed by atoms with Crippen molar-refractivity contribution >= 4 is 5.97 Å². The minimum atomic E-state index is -0.549. The number of rotatable bonds is 3. The maximum Gasteiger partial charge on any atom is 0.307 e. The highest BCUT2D eigenvalue weighted by atomic mass is 16.7. The number of esters is 1. The molecule has 0 radical (unpaired) electrons. The van der Waals surface area contributed by atoms with Crippen molar-refractivity contribution in [2.75, 3.05) is 7.11 Å². The molecule has 6 nitrogen and oxygen atoms in total. The standard InChI is InChI=1S/C14H18N2O4/c1-10(7-13(17)18-2)16-12-3-4-14(19-5-6-20-14)8-11(12)9-15-16/h5-6,9-10H,3-4,7-8H2,1-2H3. The van der Waals surface area contributed by atoms with Gasteiger partial charge >= 0.3 is 5.97 Å². The second kappa shape index (κ2) is 4.85. The first-order valence-electron chi connectivity index (χ1n) is 6.76. The van der Waals surface area contributed by atoms with Crippen molar-refractivity contribution in [2.45, 2.75) is 44.4 Å². The summed E-state index contributed by atoms with van der Waals surface area (Å²) < 4.78 is 17.8. The third-order valence-corrected chi connectivity index (χ3v) is 3.92. The van der Waals surface area contributed by atoms with E-state index in [0.29, 0.717) is 12.8 Å². The van der Waals surface area contributed by atoms with Crippen molar-refractivity contribution in [3.05, 3.63) is 30.0 Å². The number of hydrogen-bond acceptors (Lipinski definition) is 5. The predicted molar refractivity (Wildman–Crippen MR) is 69.6 cm³/mol. The lowest BCUT2D eigenvalue weighted by atomic mass is 9.92. The molecule has 0 amide bonds. The van der Waals surface area contributed by atoms with E-state index < -0.39 is 5.79 Å². The van der Waals surface area contributed by atoms with E-state index in [4.69, 9.17) is 14.2 Å². The summed E-state index contributed by atoms with van der Waals surface area (Å²) in [5, 5.41) is 4.42. The van der Waals surface area contributed by atoms with Crippen molar-refractivity contribution in [2.24, 2.45) is 0 Å². The zero-order chi connectivity index (χ0) is 14.2. The summed E-state index contributed by atoms with van der Waals surface area (Å²) in [6.07, 6.45) is 7.64. The highest BCUT2D eigenvalue weighted by molar-refractivity contribution is 5.69. The van der Waals surface area contributed by atoms with Gasteiger partial charge in [0.2, 0.25) is 0 Å². The first kappa shape index (κ1) is 13.0. The molecular weight excluding hydrogens is 260 g/mol. The minimum Gasteiger partial charge on any atom is -0.469 e. The second-order valence-electron chi connectivity index (χ2n) is 5.29. The molecule has 1 aromatic rings. The van der Waals surface area contributed by atoms with E-state index in [1.165, 1.54) is 7.11 Å². The van der Waals surface area contributed by atoms with Crippen LogP contribution in [0.15, 0.2) is 18.7 Å². The summed E-state index contributed by atoms with van der Waals surface area (Å²) in [4.78, 5) is 11.4. The SMILES string of the molecule is COC(=O)CC(C)n1ncc2c1CCC1(C2)OC=CO1. The maximum absolute atomic E-state index is 11.4. The molecule has 0 saturated carbocycles. The van der Waals surface area contributed by atoms with Gasteiger partial charge in [-0.15, -0.1) is 0 Å². The maximum atomic E-state index is 11.4. The summed E-state index contributed by atoms with van der Waals surface area (Å²) in [5.74, 6) is -0.771. The largest absolute Gasteiger partial charge is 0.469 e. The highest BCUT2D eigenvalue weighted by Gasteiger charge is 2.41. The van der Waals surface area contributed by atoms with Gasteiger partial charge in [0.05, 0.1) is 32.2 Å². The molecule has 1 aliphatic carbocycles. The molecule has 0 bridgehead atoms. The summed E-state index contributed by atoms with van der Waals surface area (Å²) in [5.41, 5.74) is 2.28. The third-order valence-electron chi connectivity index (χ3n) is 3.92. The monoisotopic (exact) mass is 278 g/mol. The van der Waals surface area contributed by atoms with Crippen LogP contribution in [0.1, 0.15) is 37.1 Å². The number of aromatic nitrogens is 2. The fourth-order valence-corrected chi connectivity index (χ4v) is 2.86. The van der Waals surface area contributed by atoms with E-state index in [1.54, 1.807) is 12.5 Å². The molecule has 0 saturated heterocycles. The lowest BCUT2D eigenvalue weighted by molar-refractivity contribution is -0.149. The minimum absolute atomic E-state index is 0.0104. The second-order valence-corrected chi connectivity index (χ2v) is 5.29. The van der Waals surface area contributed by atoms with Gasteiger partial charge in [-0.05, 0) is 13.3 Å². The number of hydrogen-bond donors (Lipinski definition) is 0. The summed E-state index contributed by atoms with van der Waals surface area (Å²) in [6.45, 7) is 1.97. The topological polar surface area (TPSA) is 62.6 Å². The number of ether oxygens (including phenoxy) is 3. The molecule has 0 N–H and O–H groups in total. The van der Waals surface area contributed by atoms with E-state index in [9.17, 15) is 4.79 Å². The lowest BCUT2D eigenvalue weighted by Crippen LogP contribution is -2.37. The molecule has 1 spiro atoms. The Labute approximate surface area is 117 Å². The first-order valence-corrected chi connectivity index (χ1v) is 6.76. The molecule has 20 heavy (non-hydrogen) atoms. The average Bonchev–Trinajstić information content (AvgIpc) is 3.05. The highest BCUT2D eigenvalue weighted by Crippen LogP contribution is 2.36. The Morgan fingerprint density at radius 1 is 1.55 bits per heavy atom. The third kappa shape index (κ3) is 2.15. The molecule has 0 aromatic carbocycles. The van der Waals surface area contributed by atoms with Crippen molar-refractivity contribution in [3.63, 3.8) is 0 Å². The van der Waals surface area contributed by atoms with Gasteiger partial charge in [-0.1, -0.05) is 0 Å². The van der Waals surface area contributed by atoms with Gasteiger partial charge in [-0.25, -0.2) is 0 Å². The Balaban J connectivity index is 1.77. The van der Waals surface area contributed by atoms with E-state index >= 15 is 0 Å². The molecule has 2 heterocycles. The van der Waals surface area contributed by atoms with Crippen molar-refractivity contribution in [1.82, 2.24) is 9.78 Å².